The molecule has 1 rings (SSSR count). The standard InChI is InChI=1S/C11H15FO2Si/c1-8(13)9-5-6-10(12)11(7-9)14-15(2,3)4/h5-7H,1-4H3. The summed E-state index contributed by atoms with van der Waals surface area (Å²) < 4.78 is 18.9. The number of carbonyl (C=O) groups excluding carboxylic acids is 1. The number of benzene rings is 1. The highest BCUT2D eigenvalue weighted by Gasteiger charge is 2.19. The van der Waals surface area contributed by atoms with Crippen LogP contribution in [0, 0.1) is 5.82 Å². The molecule has 1 aromatic rings. The zero-order chi connectivity index (χ0) is 11.6. The smallest absolute Gasteiger partial charge is 0.242 e. The first-order valence-electron chi connectivity index (χ1n) is 4.79. The Balaban J connectivity index is 3.06. The van der Waals surface area contributed by atoms with E-state index < -0.39 is 14.1 Å². The number of Topliss-reactive ketones (excluding diaryl/α,β-unsaturated/α-hetero) is 1. The third-order valence-electron chi connectivity index (χ3n) is 1.75. The molecular formula is C11H15FO2Si. The van der Waals surface area contributed by atoms with Crippen molar-refractivity contribution in [1.29, 1.82) is 0 Å². The molecule has 0 amide bonds. The average Bonchev–Trinajstić information content (AvgIpc) is 2.06. The van der Waals surface area contributed by atoms with Crippen molar-refractivity contribution in [2.24, 2.45) is 0 Å². The van der Waals surface area contributed by atoms with E-state index in [0.717, 1.165) is 0 Å². The van der Waals surface area contributed by atoms with Crippen molar-refractivity contribution in [3.8, 4) is 5.75 Å². The van der Waals surface area contributed by atoms with Crippen LogP contribution in [0.2, 0.25) is 19.6 Å². The first kappa shape index (κ1) is 11.9. The van der Waals surface area contributed by atoms with Gasteiger partial charge in [0, 0.05) is 5.56 Å². The Morgan fingerprint density at radius 2 is 1.93 bits per heavy atom. The Bertz CT molecular complexity index is 383. The highest BCUT2D eigenvalue weighted by atomic mass is 28.4. The van der Waals surface area contributed by atoms with E-state index in [0.29, 0.717) is 5.56 Å². The first-order chi connectivity index (χ1) is 6.79. The summed E-state index contributed by atoms with van der Waals surface area (Å²) in [7, 11) is -1.84. The lowest BCUT2D eigenvalue weighted by Crippen LogP contribution is -2.29. The van der Waals surface area contributed by atoms with Crippen molar-refractivity contribution in [1.82, 2.24) is 0 Å². The number of hydrogen-bond donors (Lipinski definition) is 0. The summed E-state index contributed by atoms with van der Waals surface area (Å²) >= 11 is 0. The van der Waals surface area contributed by atoms with Crippen LogP contribution in [0.1, 0.15) is 17.3 Å². The Morgan fingerprint density at radius 1 is 1.33 bits per heavy atom. The van der Waals surface area contributed by atoms with Crippen molar-refractivity contribution < 1.29 is 13.6 Å². The van der Waals surface area contributed by atoms with Crippen LogP contribution in [0.5, 0.6) is 5.75 Å². The van der Waals surface area contributed by atoms with Gasteiger partial charge in [-0.1, -0.05) is 0 Å². The van der Waals surface area contributed by atoms with Gasteiger partial charge in [-0.15, -0.1) is 0 Å². The Hall–Kier alpha value is -1.16. The second-order valence-corrected chi connectivity index (χ2v) is 8.84. The average molecular weight is 226 g/mol. The van der Waals surface area contributed by atoms with Gasteiger partial charge in [0.05, 0.1) is 0 Å². The molecule has 2 nitrogen and oxygen atoms in total. The van der Waals surface area contributed by atoms with Gasteiger partial charge in [-0.3, -0.25) is 4.79 Å². The van der Waals surface area contributed by atoms with Crippen molar-refractivity contribution in [3.63, 3.8) is 0 Å². The van der Waals surface area contributed by atoms with Gasteiger partial charge in [-0.25, -0.2) is 4.39 Å². The van der Waals surface area contributed by atoms with E-state index in [1.807, 2.05) is 19.6 Å². The van der Waals surface area contributed by atoms with Gasteiger partial charge in [0.25, 0.3) is 0 Å². The Kier molecular flexibility index (Phi) is 3.29. The van der Waals surface area contributed by atoms with Crippen LogP contribution in [0.3, 0.4) is 0 Å². The van der Waals surface area contributed by atoms with Gasteiger partial charge in [0.2, 0.25) is 8.32 Å². The molecule has 0 saturated carbocycles. The molecule has 0 atom stereocenters. The molecule has 1 aromatic carbocycles. The van der Waals surface area contributed by atoms with Crippen LogP contribution in [0.15, 0.2) is 18.2 Å². The molecule has 4 heteroatoms. The second-order valence-electron chi connectivity index (χ2n) is 4.42. The molecule has 0 aromatic heterocycles. The largest absolute Gasteiger partial charge is 0.542 e. The van der Waals surface area contributed by atoms with E-state index in [1.165, 1.54) is 25.1 Å². The molecule has 82 valence electrons. The van der Waals surface area contributed by atoms with E-state index in [4.69, 9.17) is 4.43 Å². The minimum Gasteiger partial charge on any atom is -0.542 e. The maximum atomic E-state index is 13.3. The number of halogens is 1. The summed E-state index contributed by atoms with van der Waals surface area (Å²) in [6.45, 7) is 7.35. The van der Waals surface area contributed by atoms with Crippen LogP contribution < -0.4 is 4.43 Å². The third kappa shape index (κ3) is 3.47. The molecule has 0 bridgehead atoms. The molecule has 0 saturated heterocycles. The Labute approximate surface area is 90.2 Å². The molecular weight excluding hydrogens is 211 g/mol. The van der Waals surface area contributed by atoms with E-state index in [1.54, 1.807) is 0 Å². The van der Waals surface area contributed by atoms with Crippen LogP contribution >= 0.6 is 0 Å². The molecule has 0 heterocycles. The molecule has 0 spiro atoms. The molecule has 0 aliphatic carbocycles. The normalized spacial score (nSPS) is 11.3. The summed E-state index contributed by atoms with van der Waals surface area (Å²) in [6.07, 6.45) is 0. The lowest BCUT2D eigenvalue weighted by Gasteiger charge is -2.19. The van der Waals surface area contributed by atoms with Gasteiger partial charge in [-0.2, -0.15) is 0 Å². The molecule has 0 fully saturated rings. The maximum Gasteiger partial charge on any atom is 0.242 e. The second kappa shape index (κ2) is 4.14. The first-order valence-corrected chi connectivity index (χ1v) is 8.20. The lowest BCUT2D eigenvalue weighted by molar-refractivity contribution is 0.101. The number of hydrogen-bond acceptors (Lipinski definition) is 2. The van der Waals surface area contributed by atoms with Gasteiger partial charge in [0.15, 0.2) is 11.6 Å². The minimum atomic E-state index is -1.84. The van der Waals surface area contributed by atoms with Crippen molar-refractivity contribution in [2.45, 2.75) is 26.6 Å². The predicted octanol–water partition coefficient (Wildman–Crippen LogP) is 3.24. The van der Waals surface area contributed by atoms with Gasteiger partial charge in [-0.05, 0) is 44.8 Å². The summed E-state index contributed by atoms with van der Waals surface area (Å²) in [5, 5.41) is 0. The fourth-order valence-electron chi connectivity index (χ4n) is 1.13. The Morgan fingerprint density at radius 3 is 2.40 bits per heavy atom. The van der Waals surface area contributed by atoms with Crippen LogP contribution in [0.4, 0.5) is 4.39 Å². The topological polar surface area (TPSA) is 26.3 Å². The van der Waals surface area contributed by atoms with Crippen molar-refractivity contribution in [3.05, 3.63) is 29.6 Å². The van der Waals surface area contributed by atoms with Crippen molar-refractivity contribution >= 4 is 14.1 Å². The predicted molar refractivity (Wildman–Crippen MR) is 60.4 cm³/mol. The van der Waals surface area contributed by atoms with Crippen molar-refractivity contribution in [2.75, 3.05) is 0 Å². The van der Waals surface area contributed by atoms with Gasteiger partial charge >= 0.3 is 0 Å². The van der Waals surface area contributed by atoms with Crippen LogP contribution in [-0.4, -0.2) is 14.1 Å². The highest BCUT2D eigenvalue weighted by molar-refractivity contribution is 6.70. The van der Waals surface area contributed by atoms with Gasteiger partial charge in [0.1, 0.15) is 5.75 Å². The van der Waals surface area contributed by atoms with Crippen LogP contribution in [0.25, 0.3) is 0 Å². The minimum absolute atomic E-state index is 0.0876. The zero-order valence-electron chi connectivity index (χ0n) is 9.43. The summed E-state index contributed by atoms with van der Waals surface area (Å²) in [6, 6.07) is 4.21. The SMILES string of the molecule is CC(=O)c1ccc(F)c(O[Si](C)(C)C)c1. The van der Waals surface area contributed by atoms with E-state index in [9.17, 15) is 9.18 Å². The fourth-order valence-corrected chi connectivity index (χ4v) is 1.95. The van der Waals surface area contributed by atoms with E-state index >= 15 is 0 Å². The maximum absolute atomic E-state index is 13.3. The number of carbonyl (C=O) groups is 1. The van der Waals surface area contributed by atoms with Crippen LogP contribution in [-0.2, 0) is 0 Å². The molecule has 15 heavy (non-hydrogen) atoms. The zero-order valence-corrected chi connectivity index (χ0v) is 10.4. The summed E-state index contributed by atoms with van der Waals surface area (Å²) in [4.78, 5) is 11.1. The highest BCUT2D eigenvalue weighted by Crippen LogP contribution is 2.22. The number of ketones is 1. The molecule has 0 aliphatic heterocycles. The molecule has 0 N–H and O–H groups in total. The number of rotatable bonds is 3. The quantitative estimate of drug-likeness (QED) is 0.584. The van der Waals surface area contributed by atoms with E-state index in [2.05, 4.69) is 0 Å². The molecule has 0 radical (unpaired) electrons. The lowest BCUT2D eigenvalue weighted by atomic mass is 10.1. The molecule has 0 aliphatic rings. The third-order valence-corrected chi connectivity index (χ3v) is 2.59. The summed E-state index contributed by atoms with van der Waals surface area (Å²) in [5.41, 5.74) is 0.477. The monoisotopic (exact) mass is 226 g/mol. The van der Waals surface area contributed by atoms with Gasteiger partial charge < -0.3 is 4.43 Å². The molecule has 0 unspecified atom stereocenters. The van der Waals surface area contributed by atoms with E-state index in [-0.39, 0.29) is 11.5 Å². The fraction of sp³-hybridized carbons (Fsp3) is 0.364. The summed E-state index contributed by atoms with van der Waals surface area (Å²) in [5.74, 6) is -0.320.